The van der Waals surface area contributed by atoms with E-state index in [0.717, 1.165) is 6.42 Å². The Hall–Kier alpha value is -0.900. The monoisotopic (exact) mass is 276 g/mol. The first-order valence-electron chi connectivity index (χ1n) is 7.62. The van der Waals surface area contributed by atoms with Crippen LogP contribution in [0.2, 0.25) is 0 Å². The summed E-state index contributed by atoms with van der Waals surface area (Å²) < 4.78 is 5.97. The van der Waals surface area contributed by atoms with E-state index in [-0.39, 0.29) is 12.1 Å². The summed E-state index contributed by atoms with van der Waals surface area (Å²) in [5, 5.41) is 0. The molecule has 0 aromatic heterocycles. The van der Waals surface area contributed by atoms with E-state index in [1.807, 2.05) is 0 Å². The van der Waals surface area contributed by atoms with Gasteiger partial charge in [-0.25, -0.2) is 0 Å². The van der Waals surface area contributed by atoms with E-state index in [1.165, 1.54) is 16.7 Å². The zero-order valence-electron chi connectivity index (χ0n) is 13.3. The van der Waals surface area contributed by atoms with Crippen LogP contribution in [-0.4, -0.2) is 18.2 Å². The van der Waals surface area contributed by atoms with Gasteiger partial charge in [-0.1, -0.05) is 25.1 Å². The average molecular weight is 276 g/mol. The highest BCUT2D eigenvalue weighted by Crippen LogP contribution is 2.35. The second-order valence-corrected chi connectivity index (χ2v) is 6.33. The topological polar surface area (TPSA) is 47.3 Å². The molecule has 0 radical (unpaired) electrons. The van der Waals surface area contributed by atoms with Gasteiger partial charge >= 0.3 is 0 Å². The van der Waals surface area contributed by atoms with Gasteiger partial charge in [0.05, 0.1) is 12.2 Å². The Bertz CT molecular complexity index is 440. The van der Waals surface area contributed by atoms with E-state index in [0.29, 0.717) is 17.9 Å². The molecule has 5 atom stereocenters. The van der Waals surface area contributed by atoms with Gasteiger partial charge in [-0.3, -0.25) is 11.3 Å². The van der Waals surface area contributed by atoms with Gasteiger partial charge in [-0.15, -0.1) is 0 Å². The first-order valence-corrected chi connectivity index (χ1v) is 7.62. The highest BCUT2D eigenvalue weighted by molar-refractivity contribution is 5.34. The molecule has 1 heterocycles. The van der Waals surface area contributed by atoms with E-state index in [4.69, 9.17) is 10.6 Å². The van der Waals surface area contributed by atoms with Crippen LogP contribution in [0.3, 0.4) is 0 Å². The molecule has 3 nitrogen and oxygen atoms in total. The minimum absolute atomic E-state index is 0.254. The number of hydrogen-bond donors (Lipinski definition) is 2. The minimum atomic E-state index is 0.254. The van der Waals surface area contributed by atoms with Gasteiger partial charge in [0.2, 0.25) is 0 Å². The Kier molecular flexibility index (Phi) is 4.84. The van der Waals surface area contributed by atoms with Gasteiger partial charge in [-0.05, 0) is 56.7 Å². The molecule has 1 fully saturated rings. The summed E-state index contributed by atoms with van der Waals surface area (Å²) in [6.45, 7) is 11.0. The Labute approximate surface area is 122 Å². The van der Waals surface area contributed by atoms with Crippen LogP contribution in [0.15, 0.2) is 18.2 Å². The predicted molar refractivity (Wildman–Crippen MR) is 83.4 cm³/mol. The summed E-state index contributed by atoms with van der Waals surface area (Å²) in [6.07, 6.45) is 1.53. The van der Waals surface area contributed by atoms with Crippen molar-refractivity contribution >= 4 is 0 Å². The van der Waals surface area contributed by atoms with Crippen molar-refractivity contribution in [1.82, 2.24) is 5.43 Å². The van der Waals surface area contributed by atoms with Gasteiger partial charge in [-0.2, -0.15) is 0 Å². The molecule has 0 bridgehead atoms. The van der Waals surface area contributed by atoms with Crippen molar-refractivity contribution in [3.63, 3.8) is 0 Å². The van der Waals surface area contributed by atoms with Gasteiger partial charge < -0.3 is 4.74 Å². The highest BCUT2D eigenvalue weighted by atomic mass is 16.5. The number of nitrogens with two attached hydrogens (primary N) is 1. The number of hydrazine groups is 1. The van der Waals surface area contributed by atoms with Crippen molar-refractivity contribution in [2.75, 3.05) is 0 Å². The summed E-state index contributed by atoms with van der Waals surface area (Å²) >= 11 is 0. The fraction of sp³-hybridized carbons (Fsp3) is 0.647. The molecule has 1 saturated heterocycles. The largest absolute Gasteiger partial charge is 0.375 e. The van der Waals surface area contributed by atoms with Crippen molar-refractivity contribution < 1.29 is 4.74 Å². The second kappa shape index (κ2) is 6.25. The molecule has 1 aromatic rings. The summed E-state index contributed by atoms with van der Waals surface area (Å²) in [5.74, 6) is 6.84. The maximum atomic E-state index is 5.97. The number of benzene rings is 1. The van der Waals surface area contributed by atoms with Gasteiger partial charge in [0.25, 0.3) is 0 Å². The minimum Gasteiger partial charge on any atom is -0.375 e. The normalized spacial score (nSPS) is 31.5. The third-order valence-electron chi connectivity index (χ3n) is 5.07. The zero-order valence-corrected chi connectivity index (χ0v) is 13.3. The SMILES string of the molecule is Cc1cccc(C)c1CC(NN)C1C(C)OC(C)C1C. The summed E-state index contributed by atoms with van der Waals surface area (Å²) in [7, 11) is 0. The molecule has 0 saturated carbocycles. The maximum Gasteiger partial charge on any atom is 0.0597 e. The molecule has 0 aliphatic carbocycles. The molecular formula is C17H28N2O. The molecule has 1 aliphatic rings. The third-order valence-corrected chi connectivity index (χ3v) is 5.07. The van der Waals surface area contributed by atoms with Crippen molar-refractivity contribution in [2.24, 2.45) is 17.7 Å². The molecule has 3 N–H and O–H groups in total. The Morgan fingerprint density at radius 1 is 1.15 bits per heavy atom. The molecular weight excluding hydrogens is 248 g/mol. The lowest BCUT2D eigenvalue weighted by Gasteiger charge is -2.29. The average Bonchev–Trinajstić information content (AvgIpc) is 2.64. The smallest absolute Gasteiger partial charge is 0.0597 e. The van der Waals surface area contributed by atoms with E-state index in [2.05, 4.69) is 58.2 Å². The molecule has 20 heavy (non-hydrogen) atoms. The Morgan fingerprint density at radius 3 is 2.20 bits per heavy atom. The van der Waals surface area contributed by atoms with Crippen LogP contribution in [0, 0.1) is 25.7 Å². The van der Waals surface area contributed by atoms with Gasteiger partial charge in [0.1, 0.15) is 0 Å². The Balaban J connectivity index is 2.21. The first kappa shape index (κ1) is 15.5. The standard InChI is InChI=1S/C17H28N2O/c1-10-7-6-8-11(2)15(10)9-16(19-18)17-12(3)13(4)20-14(17)5/h6-8,12-14,16-17,19H,9,18H2,1-5H3. The molecule has 0 spiro atoms. The quantitative estimate of drug-likeness (QED) is 0.656. The van der Waals surface area contributed by atoms with Crippen LogP contribution in [0.1, 0.15) is 37.5 Å². The number of rotatable bonds is 4. The molecule has 5 unspecified atom stereocenters. The molecule has 0 amide bonds. The fourth-order valence-corrected chi connectivity index (χ4v) is 3.68. The molecule has 112 valence electrons. The van der Waals surface area contributed by atoms with Crippen molar-refractivity contribution in [3.8, 4) is 0 Å². The van der Waals surface area contributed by atoms with E-state index >= 15 is 0 Å². The second-order valence-electron chi connectivity index (χ2n) is 6.33. The van der Waals surface area contributed by atoms with Crippen molar-refractivity contribution in [2.45, 2.75) is 59.3 Å². The van der Waals surface area contributed by atoms with Crippen molar-refractivity contribution in [3.05, 3.63) is 34.9 Å². The molecule has 3 heteroatoms. The number of ether oxygens (including phenoxy) is 1. The van der Waals surface area contributed by atoms with Crippen LogP contribution in [-0.2, 0) is 11.2 Å². The van der Waals surface area contributed by atoms with Crippen LogP contribution in [0.4, 0.5) is 0 Å². The van der Waals surface area contributed by atoms with Crippen LogP contribution in [0.25, 0.3) is 0 Å². The van der Waals surface area contributed by atoms with E-state index < -0.39 is 0 Å². The van der Waals surface area contributed by atoms with E-state index in [1.54, 1.807) is 0 Å². The highest BCUT2D eigenvalue weighted by Gasteiger charge is 2.41. The number of hydrogen-bond acceptors (Lipinski definition) is 3. The number of aryl methyl sites for hydroxylation is 2. The lowest BCUT2D eigenvalue weighted by Crippen LogP contribution is -2.47. The molecule has 2 rings (SSSR count). The zero-order chi connectivity index (χ0) is 14.9. The van der Waals surface area contributed by atoms with Crippen LogP contribution < -0.4 is 11.3 Å². The number of nitrogens with one attached hydrogen (secondary N) is 1. The molecule has 1 aliphatic heterocycles. The Morgan fingerprint density at radius 2 is 1.75 bits per heavy atom. The summed E-state index contributed by atoms with van der Waals surface area (Å²) in [5.41, 5.74) is 7.15. The predicted octanol–water partition coefficient (Wildman–Crippen LogP) is 2.74. The summed E-state index contributed by atoms with van der Waals surface area (Å²) in [6, 6.07) is 6.72. The van der Waals surface area contributed by atoms with Crippen molar-refractivity contribution in [1.29, 1.82) is 0 Å². The van der Waals surface area contributed by atoms with Crippen LogP contribution >= 0.6 is 0 Å². The summed E-state index contributed by atoms with van der Waals surface area (Å²) in [4.78, 5) is 0. The first-order chi connectivity index (χ1) is 9.45. The lowest BCUT2D eigenvalue weighted by molar-refractivity contribution is 0.0475. The molecule has 1 aromatic carbocycles. The van der Waals surface area contributed by atoms with E-state index in [9.17, 15) is 0 Å². The fourth-order valence-electron chi connectivity index (χ4n) is 3.68. The maximum absolute atomic E-state index is 5.97. The third kappa shape index (κ3) is 2.90. The van der Waals surface area contributed by atoms with Crippen LogP contribution in [0.5, 0.6) is 0 Å². The van der Waals surface area contributed by atoms with Gasteiger partial charge in [0.15, 0.2) is 0 Å². The van der Waals surface area contributed by atoms with Gasteiger partial charge in [0, 0.05) is 12.0 Å². The lowest BCUT2D eigenvalue weighted by atomic mass is 9.80.